The normalized spacial score (nSPS) is 13.9. The predicted octanol–water partition coefficient (Wildman–Crippen LogP) is 3.61. The van der Waals surface area contributed by atoms with Crippen molar-refractivity contribution in [1.29, 1.82) is 0 Å². The van der Waals surface area contributed by atoms with Gasteiger partial charge in [0.15, 0.2) is 0 Å². The molecule has 5 rings (SSSR count). The van der Waals surface area contributed by atoms with Gasteiger partial charge in [-0.3, -0.25) is 4.79 Å². The van der Waals surface area contributed by atoms with Crippen molar-refractivity contribution in [3.8, 4) is 22.8 Å². The van der Waals surface area contributed by atoms with Gasteiger partial charge in [-0.05, 0) is 55.7 Å². The van der Waals surface area contributed by atoms with Crippen LogP contribution in [0.3, 0.4) is 0 Å². The Balaban J connectivity index is 1.34. The highest BCUT2D eigenvalue weighted by Gasteiger charge is 2.18. The van der Waals surface area contributed by atoms with Crippen LogP contribution >= 0.6 is 0 Å². The van der Waals surface area contributed by atoms with Crippen LogP contribution in [0.4, 0.5) is 4.39 Å². The van der Waals surface area contributed by atoms with Gasteiger partial charge in [0.05, 0.1) is 12.1 Å². The number of fused-ring (bicyclic) bond motifs is 1. The Labute approximate surface area is 177 Å². The molecule has 8 nitrogen and oxygen atoms in total. The Morgan fingerprint density at radius 3 is 2.74 bits per heavy atom. The molecule has 4 aromatic rings. The molecule has 0 spiro atoms. The number of likely N-dealkylation sites (tertiary alicyclic amines) is 1. The summed E-state index contributed by atoms with van der Waals surface area (Å²) in [4.78, 5) is 18.6. The molecule has 1 aliphatic heterocycles. The smallest absolute Gasteiger partial charge is 0.258 e. The highest BCUT2D eigenvalue weighted by molar-refractivity contribution is 5.80. The Bertz CT molecular complexity index is 1260. The zero-order chi connectivity index (χ0) is 21.4. The third-order valence-electron chi connectivity index (χ3n) is 5.61. The van der Waals surface area contributed by atoms with Crippen molar-refractivity contribution in [2.24, 2.45) is 0 Å². The lowest BCUT2D eigenvalue weighted by Crippen LogP contribution is -2.28. The topological polar surface area (TPSA) is 89.9 Å². The second-order valence-corrected chi connectivity index (χ2v) is 7.74. The van der Waals surface area contributed by atoms with Crippen molar-refractivity contribution in [2.75, 3.05) is 13.1 Å². The number of benzene rings is 2. The molecule has 158 valence electrons. The van der Waals surface area contributed by atoms with Crippen molar-refractivity contribution >= 4 is 16.9 Å². The number of amides is 1. The predicted molar refractivity (Wildman–Crippen MR) is 111 cm³/mol. The number of rotatable bonds is 5. The van der Waals surface area contributed by atoms with E-state index in [1.165, 1.54) is 6.07 Å². The first-order valence-electron chi connectivity index (χ1n) is 10.3. The van der Waals surface area contributed by atoms with E-state index in [0.29, 0.717) is 35.4 Å². The molecule has 1 fully saturated rings. The summed E-state index contributed by atoms with van der Waals surface area (Å²) in [5.41, 5.74) is 3.31. The summed E-state index contributed by atoms with van der Waals surface area (Å²) in [5, 5.41) is 12.4. The quantitative estimate of drug-likeness (QED) is 0.490. The molecular weight excluding hydrogens is 399 g/mol. The monoisotopic (exact) mass is 420 g/mol. The highest BCUT2D eigenvalue weighted by atomic mass is 19.1. The zero-order valence-corrected chi connectivity index (χ0v) is 17.1. The number of aromatic nitrogens is 5. The Morgan fingerprint density at radius 2 is 1.94 bits per heavy atom. The molecule has 0 N–H and O–H groups in total. The number of hydrogen-bond donors (Lipinski definition) is 0. The number of halogens is 1. The minimum absolute atomic E-state index is 0.157. The fourth-order valence-corrected chi connectivity index (χ4v) is 3.79. The van der Waals surface area contributed by atoms with Gasteiger partial charge in [-0.2, -0.15) is 4.98 Å². The minimum atomic E-state index is -0.321. The lowest BCUT2D eigenvalue weighted by atomic mass is 10.1. The van der Waals surface area contributed by atoms with E-state index in [0.717, 1.165) is 37.0 Å². The van der Waals surface area contributed by atoms with Crippen LogP contribution in [0.5, 0.6) is 0 Å². The van der Waals surface area contributed by atoms with E-state index in [1.807, 2.05) is 23.1 Å². The number of carbonyl (C=O) groups excluding carboxylic acids is 1. The first-order valence-corrected chi connectivity index (χ1v) is 10.3. The largest absolute Gasteiger partial charge is 0.343 e. The van der Waals surface area contributed by atoms with Crippen LogP contribution in [-0.4, -0.2) is 49.0 Å². The zero-order valence-electron chi connectivity index (χ0n) is 17.1. The van der Waals surface area contributed by atoms with Crippen molar-refractivity contribution in [2.45, 2.75) is 32.7 Å². The maximum absolute atomic E-state index is 13.8. The summed E-state index contributed by atoms with van der Waals surface area (Å²) in [6.07, 6.45) is 2.57. The fraction of sp³-hybridized carbons (Fsp3) is 0.318. The molecule has 3 heterocycles. The van der Waals surface area contributed by atoms with Crippen molar-refractivity contribution in [3.63, 3.8) is 0 Å². The molecule has 0 atom stereocenters. The van der Waals surface area contributed by atoms with E-state index in [-0.39, 0.29) is 17.6 Å². The van der Waals surface area contributed by atoms with Gasteiger partial charge in [-0.15, -0.1) is 5.10 Å². The van der Waals surface area contributed by atoms with Crippen LogP contribution < -0.4 is 0 Å². The summed E-state index contributed by atoms with van der Waals surface area (Å²) < 4.78 is 20.9. The van der Waals surface area contributed by atoms with Crippen LogP contribution in [-0.2, 0) is 11.3 Å². The van der Waals surface area contributed by atoms with Gasteiger partial charge in [0.2, 0.25) is 11.7 Å². The average molecular weight is 420 g/mol. The Morgan fingerprint density at radius 1 is 1.13 bits per heavy atom. The molecule has 0 aliphatic carbocycles. The molecule has 1 saturated heterocycles. The van der Waals surface area contributed by atoms with Crippen LogP contribution in [0.2, 0.25) is 0 Å². The average Bonchev–Trinajstić information content (AvgIpc) is 3.54. The molecular formula is C22H21FN6O2. The van der Waals surface area contributed by atoms with Crippen LogP contribution in [0.15, 0.2) is 40.9 Å². The number of carbonyl (C=O) groups is 1. The van der Waals surface area contributed by atoms with E-state index in [9.17, 15) is 9.18 Å². The minimum Gasteiger partial charge on any atom is -0.343 e. The third kappa shape index (κ3) is 3.78. The van der Waals surface area contributed by atoms with Gasteiger partial charge in [0, 0.05) is 30.6 Å². The van der Waals surface area contributed by atoms with Crippen LogP contribution in [0.1, 0.15) is 24.8 Å². The highest BCUT2D eigenvalue weighted by Crippen LogP contribution is 2.25. The molecule has 0 radical (unpaired) electrons. The van der Waals surface area contributed by atoms with Crippen LogP contribution in [0.25, 0.3) is 33.9 Å². The second kappa shape index (κ2) is 7.90. The molecule has 2 aromatic heterocycles. The molecule has 1 amide bonds. The first kappa shape index (κ1) is 19.3. The van der Waals surface area contributed by atoms with Gasteiger partial charge in [0.25, 0.3) is 5.89 Å². The fourth-order valence-electron chi connectivity index (χ4n) is 3.79. The molecule has 9 heteroatoms. The molecule has 0 bridgehead atoms. The number of aryl methyl sites for hydroxylation is 2. The van der Waals surface area contributed by atoms with Crippen molar-refractivity contribution < 1.29 is 13.7 Å². The second-order valence-electron chi connectivity index (χ2n) is 7.74. The number of hydrogen-bond acceptors (Lipinski definition) is 6. The number of nitrogens with zero attached hydrogens (tertiary/aromatic N) is 6. The van der Waals surface area contributed by atoms with E-state index in [4.69, 9.17) is 4.52 Å². The summed E-state index contributed by atoms with van der Waals surface area (Å²) >= 11 is 0. The first-order chi connectivity index (χ1) is 15.1. The van der Waals surface area contributed by atoms with E-state index in [1.54, 1.807) is 23.7 Å². The third-order valence-corrected chi connectivity index (χ3v) is 5.61. The molecule has 0 unspecified atom stereocenters. The Kier molecular flexibility index (Phi) is 4.93. The Hall–Kier alpha value is -3.62. The maximum atomic E-state index is 13.8. The summed E-state index contributed by atoms with van der Waals surface area (Å²) in [6.45, 7) is 3.88. The lowest BCUT2D eigenvalue weighted by Gasteiger charge is -2.14. The lowest BCUT2D eigenvalue weighted by molar-refractivity contribution is -0.130. The molecule has 2 aromatic carbocycles. The van der Waals surface area contributed by atoms with Gasteiger partial charge < -0.3 is 9.42 Å². The molecule has 31 heavy (non-hydrogen) atoms. The molecule has 1 aliphatic rings. The SMILES string of the molecule is Cc1ccc(-c2nc(-c3ccc4c(c3)nnn4CCC(=O)N3CCCC3)no2)cc1F. The summed E-state index contributed by atoms with van der Waals surface area (Å²) in [7, 11) is 0. The van der Waals surface area contributed by atoms with Gasteiger partial charge in [-0.25, -0.2) is 9.07 Å². The summed E-state index contributed by atoms with van der Waals surface area (Å²) in [6, 6.07) is 10.4. The van der Waals surface area contributed by atoms with E-state index < -0.39 is 0 Å². The van der Waals surface area contributed by atoms with Gasteiger partial charge >= 0.3 is 0 Å². The van der Waals surface area contributed by atoms with Gasteiger partial charge in [-0.1, -0.05) is 16.4 Å². The van der Waals surface area contributed by atoms with Crippen LogP contribution in [0, 0.1) is 12.7 Å². The van der Waals surface area contributed by atoms with Crippen molar-refractivity contribution in [1.82, 2.24) is 30.0 Å². The van der Waals surface area contributed by atoms with Crippen molar-refractivity contribution in [3.05, 3.63) is 47.8 Å². The summed E-state index contributed by atoms with van der Waals surface area (Å²) in [5.74, 6) is 0.470. The molecule has 0 saturated carbocycles. The van der Waals surface area contributed by atoms with E-state index >= 15 is 0 Å². The van der Waals surface area contributed by atoms with Gasteiger partial charge in [0.1, 0.15) is 11.3 Å². The standard InChI is InChI=1S/C22H21FN6O2/c1-14-4-5-16(12-17(14)23)22-24-21(26-31-22)15-6-7-19-18(13-15)25-27-29(19)11-8-20(30)28-9-2-3-10-28/h4-7,12-13H,2-3,8-11H2,1H3. The van der Waals surface area contributed by atoms with E-state index in [2.05, 4.69) is 20.5 Å². The maximum Gasteiger partial charge on any atom is 0.258 e.